The van der Waals surface area contributed by atoms with Crippen molar-refractivity contribution < 1.29 is 9.59 Å². The minimum Gasteiger partial charge on any atom is -0.350 e. The predicted octanol–water partition coefficient (Wildman–Crippen LogP) is 0.500. The Kier molecular flexibility index (Phi) is 4.73. The first-order chi connectivity index (χ1) is 8.20. The zero-order valence-corrected chi connectivity index (χ0v) is 12.0. The van der Waals surface area contributed by atoms with Crippen molar-refractivity contribution in [1.82, 2.24) is 15.5 Å². The summed E-state index contributed by atoms with van der Waals surface area (Å²) in [4.78, 5) is 25.3. The van der Waals surface area contributed by atoms with E-state index in [2.05, 4.69) is 10.6 Å². The first kappa shape index (κ1) is 15.0. The van der Waals surface area contributed by atoms with Crippen molar-refractivity contribution in [3.63, 3.8) is 0 Å². The Bertz CT molecular complexity index is 319. The van der Waals surface area contributed by atoms with Crippen LogP contribution in [0.25, 0.3) is 0 Å². The monoisotopic (exact) mass is 255 g/mol. The lowest BCUT2D eigenvalue weighted by Gasteiger charge is -2.24. The van der Waals surface area contributed by atoms with Gasteiger partial charge < -0.3 is 10.2 Å². The maximum atomic E-state index is 11.8. The van der Waals surface area contributed by atoms with Gasteiger partial charge in [0.2, 0.25) is 11.8 Å². The second-order valence-corrected chi connectivity index (χ2v) is 6.08. The van der Waals surface area contributed by atoms with E-state index in [0.29, 0.717) is 6.04 Å². The standard InChI is InChI=1S/C13H25N3O2/c1-9(12(18)15-13(2,3)4)14-8-11(17)16(5)10-6-7-10/h9-10,14H,6-8H2,1-5H3,(H,15,18). The van der Waals surface area contributed by atoms with Crippen LogP contribution in [0.15, 0.2) is 0 Å². The molecule has 1 saturated carbocycles. The molecule has 0 aromatic carbocycles. The van der Waals surface area contributed by atoms with E-state index in [1.54, 1.807) is 11.8 Å². The molecule has 5 nitrogen and oxygen atoms in total. The topological polar surface area (TPSA) is 61.4 Å². The molecule has 2 N–H and O–H groups in total. The van der Waals surface area contributed by atoms with Crippen LogP contribution in [-0.4, -0.2) is 47.9 Å². The van der Waals surface area contributed by atoms with Crippen LogP contribution < -0.4 is 10.6 Å². The van der Waals surface area contributed by atoms with Crippen LogP contribution in [0.1, 0.15) is 40.5 Å². The number of hydrogen-bond acceptors (Lipinski definition) is 3. The maximum Gasteiger partial charge on any atom is 0.237 e. The molecular formula is C13H25N3O2. The molecule has 0 aromatic rings. The Morgan fingerprint density at radius 2 is 1.89 bits per heavy atom. The highest BCUT2D eigenvalue weighted by Crippen LogP contribution is 2.25. The molecule has 1 aliphatic carbocycles. The van der Waals surface area contributed by atoms with Gasteiger partial charge in [-0.3, -0.25) is 14.9 Å². The van der Waals surface area contributed by atoms with Gasteiger partial charge in [0, 0.05) is 18.6 Å². The van der Waals surface area contributed by atoms with Gasteiger partial charge in [0.25, 0.3) is 0 Å². The number of amides is 2. The van der Waals surface area contributed by atoms with Crippen molar-refractivity contribution in [3.05, 3.63) is 0 Å². The molecule has 18 heavy (non-hydrogen) atoms. The van der Waals surface area contributed by atoms with E-state index >= 15 is 0 Å². The quantitative estimate of drug-likeness (QED) is 0.752. The molecule has 0 bridgehead atoms. The third kappa shape index (κ3) is 5.04. The van der Waals surface area contributed by atoms with Gasteiger partial charge in [-0.15, -0.1) is 0 Å². The Labute approximate surface area is 109 Å². The van der Waals surface area contributed by atoms with Gasteiger partial charge in [0.05, 0.1) is 12.6 Å². The number of rotatable bonds is 5. The zero-order valence-electron chi connectivity index (χ0n) is 12.0. The first-order valence-corrected chi connectivity index (χ1v) is 6.52. The summed E-state index contributed by atoms with van der Waals surface area (Å²) in [5.41, 5.74) is -0.248. The lowest BCUT2D eigenvalue weighted by molar-refractivity contribution is -0.130. The molecule has 1 rings (SSSR count). The van der Waals surface area contributed by atoms with Crippen molar-refractivity contribution >= 4 is 11.8 Å². The highest BCUT2D eigenvalue weighted by Gasteiger charge is 2.29. The van der Waals surface area contributed by atoms with Crippen LogP contribution in [0.4, 0.5) is 0 Å². The molecule has 2 amide bonds. The van der Waals surface area contributed by atoms with E-state index in [1.807, 2.05) is 27.8 Å². The lowest BCUT2D eigenvalue weighted by atomic mass is 10.1. The SMILES string of the molecule is CC(NCC(=O)N(C)C1CC1)C(=O)NC(C)(C)C. The highest BCUT2D eigenvalue weighted by atomic mass is 16.2. The number of nitrogens with one attached hydrogen (secondary N) is 2. The normalized spacial score (nSPS) is 17.2. The van der Waals surface area contributed by atoms with E-state index < -0.39 is 0 Å². The van der Waals surface area contributed by atoms with Crippen LogP contribution in [0, 0.1) is 0 Å². The van der Waals surface area contributed by atoms with Crippen LogP contribution in [0.2, 0.25) is 0 Å². The fourth-order valence-electron chi connectivity index (χ4n) is 1.60. The van der Waals surface area contributed by atoms with Crippen molar-refractivity contribution in [3.8, 4) is 0 Å². The molecule has 1 aliphatic rings. The number of carbonyl (C=O) groups is 2. The van der Waals surface area contributed by atoms with Crippen molar-refractivity contribution in [2.45, 2.75) is 58.2 Å². The van der Waals surface area contributed by atoms with E-state index in [-0.39, 0.29) is 29.9 Å². The largest absolute Gasteiger partial charge is 0.350 e. The molecule has 0 spiro atoms. The average Bonchev–Trinajstić information content (AvgIpc) is 3.05. The third-order valence-electron chi connectivity index (χ3n) is 2.94. The highest BCUT2D eigenvalue weighted by molar-refractivity contribution is 5.83. The summed E-state index contributed by atoms with van der Waals surface area (Å²) in [7, 11) is 1.82. The molecular weight excluding hydrogens is 230 g/mol. The van der Waals surface area contributed by atoms with Gasteiger partial charge in [-0.1, -0.05) is 0 Å². The van der Waals surface area contributed by atoms with Gasteiger partial charge >= 0.3 is 0 Å². The molecule has 0 saturated heterocycles. The summed E-state index contributed by atoms with van der Waals surface area (Å²) >= 11 is 0. The number of likely N-dealkylation sites (N-methyl/N-ethyl adjacent to an activating group) is 1. The number of hydrogen-bond donors (Lipinski definition) is 2. The van der Waals surface area contributed by atoms with Gasteiger partial charge in [-0.2, -0.15) is 0 Å². The summed E-state index contributed by atoms with van der Waals surface area (Å²) < 4.78 is 0. The molecule has 0 aliphatic heterocycles. The smallest absolute Gasteiger partial charge is 0.237 e. The van der Waals surface area contributed by atoms with Gasteiger partial charge in [0.15, 0.2) is 0 Å². The fourth-order valence-corrected chi connectivity index (χ4v) is 1.60. The summed E-state index contributed by atoms with van der Waals surface area (Å²) in [5.74, 6) is -0.0303. The molecule has 104 valence electrons. The Morgan fingerprint density at radius 3 is 2.33 bits per heavy atom. The maximum absolute atomic E-state index is 11.8. The molecule has 1 atom stereocenters. The van der Waals surface area contributed by atoms with Crippen LogP contribution in [-0.2, 0) is 9.59 Å². The lowest BCUT2D eigenvalue weighted by Crippen LogP contribution is -2.51. The third-order valence-corrected chi connectivity index (χ3v) is 2.94. The summed E-state index contributed by atoms with van der Waals surface area (Å²) in [6.07, 6.45) is 2.20. The molecule has 0 aromatic heterocycles. The van der Waals surface area contributed by atoms with E-state index in [0.717, 1.165) is 12.8 Å². The molecule has 1 unspecified atom stereocenters. The van der Waals surface area contributed by atoms with Crippen LogP contribution in [0.5, 0.6) is 0 Å². The Morgan fingerprint density at radius 1 is 1.33 bits per heavy atom. The minimum absolute atomic E-state index is 0.0490. The molecule has 0 radical (unpaired) electrons. The van der Waals surface area contributed by atoms with Crippen molar-refractivity contribution in [2.75, 3.05) is 13.6 Å². The molecule has 1 fully saturated rings. The van der Waals surface area contributed by atoms with Gasteiger partial charge in [-0.05, 0) is 40.5 Å². The Balaban J connectivity index is 2.29. The average molecular weight is 255 g/mol. The first-order valence-electron chi connectivity index (χ1n) is 6.52. The van der Waals surface area contributed by atoms with Crippen LogP contribution in [0.3, 0.4) is 0 Å². The van der Waals surface area contributed by atoms with E-state index in [4.69, 9.17) is 0 Å². The van der Waals surface area contributed by atoms with Gasteiger partial charge in [0.1, 0.15) is 0 Å². The second kappa shape index (κ2) is 5.69. The summed E-state index contributed by atoms with van der Waals surface area (Å²) in [6.45, 7) is 7.79. The Hall–Kier alpha value is -1.10. The predicted molar refractivity (Wildman–Crippen MR) is 71.2 cm³/mol. The minimum atomic E-state index is -0.360. The van der Waals surface area contributed by atoms with E-state index in [9.17, 15) is 9.59 Å². The fraction of sp³-hybridized carbons (Fsp3) is 0.846. The second-order valence-electron chi connectivity index (χ2n) is 6.08. The van der Waals surface area contributed by atoms with Crippen LogP contribution >= 0.6 is 0 Å². The molecule has 0 heterocycles. The van der Waals surface area contributed by atoms with Gasteiger partial charge in [-0.25, -0.2) is 0 Å². The van der Waals surface area contributed by atoms with E-state index in [1.165, 1.54) is 0 Å². The number of carbonyl (C=O) groups excluding carboxylic acids is 2. The molecule has 5 heteroatoms. The number of nitrogens with zero attached hydrogens (tertiary/aromatic N) is 1. The van der Waals surface area contributed by atoms with Crippen molar-refractivity contribution in [1.29, 1.82) is 0 Å². The summed E-state index contributed by atoms with van der Waals surface area (Å²) in [6, 6.07) is 0.0544. The zero-order chi connectivity index (χ0) is 13.9. The summed E-state index contributed by atoms with van der Waals surface area (Å²) in [5, 5.41) is 5.85. The van der Waals surface area contributed by atoms with Crippen molar-refractivity contribution in [2.24, 2.45) is 0 Å².